The minimum Gasteiger partial charge on any atom is -0.465 e. The number of ether oxygens (including phenoxy) is 1. The number of hydrogen-bond donors (Lipinski definition) is 2. The first-order valence-corrected chi connectivity index (χ1v) is 11.6. The van der Waals surface area contributed by atoms with Gasteiger partial charge in [0.2, 0.25) is 10.0 Å². The summed E-state index contributed by atoms with van der Waals surface area (Å²) in [5, 5.41) is 12.0. The predicted octanol–water partition coefficient (Wildman–Crippen LogP) is 3.05. The summed E-state index contributed by atoms with van der Waals surface area (Å²) in [7, 11) is -3.66. The van der Waals surface area contributed by atoms with Gasteiger partial charge in [-0.2, -0.15) is 0 Å². The molecule has 8 nitrogen and oxygen atoms in total. The number of carboxylic acid groups (broad SMARTS) is 1. The van der Waals surface area contributed by atoms with E-state index in [1.165, 1.54) is 10.5 Å². The standard InChI is InChI=1S/C20H24ClN3O5S/c21-17-5-3-15(4-6-17)13-29-18-7-10-24(11-8-18)30(27,28)14-19(23-20(25)26)16-2-1-9-22-12-16/h1-6,9,12,18-19,23H,7-8,10-11,13-14H2,(H,25,26). The first-order valence-electron chi connectivity index (χ1n) is 9.57. The summed E-state index contributed by atoms with van der Waals surface area (Å²) in [6, 6.07) is 9.81. The van der Waals surface area contributed by atoms with Gasteiger partial charge < -0.3 is 15.2 Å². The monoisotopic (exact) mass is 453 g/mol. The molecule has 1 fully saturated rings. The van der Waals surface area contributed by atoms with E-state index >= 15 is 0 Å². The van der Waals surface area contributed by atoms with E-state index in [4.69, 9.17) is 21.4 Å². The minimum absolute atomic E-state index is 0.0293. The van der Waals surface area contributed by atoms with Crippen molar-refractivity contribution in [3.8, 4) is 0 Å². The van der Waals surface area contributed by atoms with Gasteiger partial charge in [0.25, 0.3) is 0 Å². The summed E-state index contributed by atoms with van der Waals surface area (Å²) in [6.07, 6.45) is 2.86. The van der Waals surface area contributed by atoms with E-state index in [-0.39, 0.29) is 11.9 Å². The van der Waals surface area contributed by atoms with Gasteiger partial charge in [0.1, 0.15) is 0 Å². The van der Waals surface area contributed by atoms with Gasteiger partial charge in [-0.3, -0.25) is 4.98 Å². The molecule has 1 aliphatic heterocycles. The first kappa shape index (κ1) is 22.5. The number of halogens is 1. The normalized spacial score (nSPS) is 16.8. The number of sulfonamides is 1. The second-order valence-corrected chi connectivity index (χ2v) is 9.55. The number of benzene rings is 1. The molecule has 1 atom stereocenters. The van der Waals surface area contributed by atoms with Crippen molar-refractivity contribution < 1.29 is 23.1 Å². The zero-order valence-electron chi connectivity index (χ0n) is 16.3. The van der Waals surface area contributed by atoms with Crippen LogP contribution in [-0.2, 0) is 21.4 Å². The Morgan fingerprint density at radius 3 is 2.57 bits per heavy atom. The molecule has 10 heteroatoms. The van der Waals surface area contributed by atoms with Crippen LogP contribution in [-0.4, -0.2) is 53.9 Å². The lowest BCUT2D eigenvalue weighted by Crippen LogP contribution is -2.44. The molecule has 2 heterocycles. The van der Waals surface area contributed by atoms with Gasteiger partial charge in [-0.25, -0.2) is 17.5 Å². The largest absolute Gasteiger partial charge is 0.465 e. The Labute approximate surface area is 180 Å². The molecule has 0 aliphatic carbocycles. The number of aromatic nitrogens is 1. The highest BCUT2D eigenvalue weighted by Crippen LogP contribution is 2.22. The van der Waals surface area contributed by atoms with Gasteiger partial charge in [0.15, 0.2) is 0 Å². The molecule has 3 rings (SSSR count). The molecule has 30 heavy (non-hydrogen) atoms. The summed E-state index contributed by atoms with van der Waals surface area (Å²) in [4.78, 5) is 15.1. The molecule has 0 radical (unpaired) electrons. The van der Waals surface area contributed by atoms with Crippen LogP contribution in [0, 0.1) is 0 Å². The third kappa shape index (κ3) is 6.40. The molecule has 1 aromatic heterocycles. The Hall–Kier alpha value is -2.20. The van der Waals surface area contributed by atoms with Crippen LogP contribution >= 0.6 is 11.6 Å². The Morgan fingerprint density at radius 1 is 1.27 bits per heavy atom. The highest BCUT2D eigenvalue weighted by atomic mass is 35.5. The maximum absolute atomic E-state index is 12.9. The van der Waals surface area contributed by atoms with Crippen LogP contribution in [0.25, 0.3) is 0 Å². The second-order valence-electron chi connectivity index (χ2n) is 7.10. The summed E-state index contributed by atoms with van der Waals surface area (Å²) < 4.78 is 33.1. The van der Waals surface area contributed by atoms with Crippen molar-refractivity contribution in [2.45, 2.75) is 31.6 Å². The van der Waals surface area contributed by atoms with E-state index in [1.807, 2.05) is 12.1 Å². The van der Waals surface area contributed by atoms with Crippen LogP contribution in [0.15, 0.2) is 48.8 Å². The van der Waals surface area contributed by atoms with Crippen molar-refractivity contribution in [2.75, 3.05) is 18.8 Å². The van der Waals surface area contributed by atoms with Crippen molar-refractivity contribution in [2.24, 2.45) is 0 Å². The molecule has 1 aliphatic rings. The second kappa shape index (κ2) is 10.2. The van der Waals surface area contributed by atoms with Crippen molar-refractivity contribution in [1.29, 1.82) is 0 Å². The molecule has 0 bridgehead atoms. The third-order valence-corrected chi connectivity index (χ3v) is 7.11. The van der Waals surface area contributed by atoms with E-state index in [0.29, 0.717) is 43.1 Å². The van der Waals surface area contributed by atoms with Gasteiger partial charge in [-0.1, -0.05) is 29.8 Å². The van der Waals surface area contributed by atoms with E-state index in [0.717, 1.165) is 5.56 Å². The summed E-state index contributed by atoms with van der Waals surface area (Å²) in [6.45, 7) is 1.11. The van der Waals surface area contributed by atoms with Crippen molar-refractivity contribution in [1.82, 2.24) is 14.6 Å². The quantitative estimate of drug-likeness (QED) is 0.635. The molecule has 0 spiro atoms. The number of carbonyl (C=O) groups is 1. The van der Waals surface area contributed by atoms with Crippen LogP contribution in [0.5, 0.6) is 0 Å². The highest BCUT2D eigenvalue weighted by molar-refractivity contribution is 7.89. The maximum atomic E-state index is 12.9. The highest BCUT2D eigenvalue weighted by Gasteiger charge is 2.31. The number of amides is 1. The number of piperidine rings is 1. The number of rotatable bonds is 8. The van der Waals surface area contributed by atoms with Crippen molar-refractivity contribution >= 4 is 27.7 Å². The van der Waals surface area contributed by atoms with Crippen LogP contribution < -0.4 is 5.32 Å². The molecule has 1 amide bonds. The third-order valence-electron chi connectivity index (χ3n) is 4.96. The molecule has 1 unspecified atom stereocenters. The van der Waals surface area contributed by atoms with Crippen LogP contribution in [0.2, 0.25) is 5.02 Å². The molecular weight excluding hydrogens is 430 g/mol. The first-order chi connectivity index (χ1) is 14.3. The average molecular weight is 454 g/mol. The van der Waals surface area contributed by atoms with Crippen LogP contribution in [0.3, 0.4) is 0 Å². The van der Waals surface area contributed by atoms with Crippen LogP contribution in [0.1, 0.15) is 30.0 Å². The molecule has 0 saturated carbocycles. The SMILES string of the molecule is O=C(O)NC(CS(=O)(=O)N1CCC(OCc2ccc(Cl)cc2)CC1)c1cccnc1. The predicted molar refractivity (Wildman–Crippen MR) is 113 cm³/mol. The lowest BCUT2D eigenvalue weighted by Gasteiger charge is -2.32. The molecule has 1 saturated heterocycles. The lowest BCUT2D eigenvalue weighted by atomic mass is 10.1. The number of nitrogens with zero attached hydrogens (tertiary/aromatic N) is 2. The van der Waals surface area contributed by atoms with Gasteiger partial charge in [-0.05, 0) is 42.2 Å². The molecule has 1 aromatic carbocycles. The Morgan fingerprint density at radius 2 is 1.97 bits per heavy atom. The number of pyridine rings is 1. The van der Waals surface area contributed by atoms with E-state index < -0.39 is 22.2 Å². The van der Waals surface area contributed by atoms with Crippen molar-refractivity contribution in [3.05, 3.63) is 64.9 Å². The van der Waals surface area contributed by atoms with Gasteiger partial charge >= 0.3 is 6.09 Å². The van der Waals surface area contributed by atoms with E-state index in [1.54, 1.807) is 30.5 Å². The average Bonchev–Trinajstić information content (AvgIpc) is 2.73. The van der Waals surface area contributed by atoms with Gasteiger partial charge in [0.05, 0.1) is 24.5 Å². The van der Waals surface area contributed by atoms with Crippen LogP contribution in [0.4, 0.5) is 4.79 Å². The Bertz CT molecular complexity index is 933. The zero-order valence-corrected chi connectivity index (χ0v) is 17.8. The molecule has 2 N–H and O–H groups in total. The summed E-state index contributed by atoms with van der Waals surface area (Å²) >= 11 is 5.88. The molecular formula is C20H24ClN3O5S. The van der Waals surface area contributed by atoms with E-state index in [2.05, 4.69) is 10.3 Å². The van der Waals surface area contributed by atoms with Gasteiger partial charge in [-0.15, -0.1) is 0 Å². The fourth-order valence-corrected chi connectivity index (χ4v) is 5.14. The van der Waals surface area contributed by atoms with Crippen molar-refractivity contribution in [3.63, 3.8) is 0 Å². The Balaban J connectivity index is 1.55. The summed E-state index contributed by atoms with van der Waals surface area (Å²) in [5.41, 5.74) is 1.51. The zero-order chi connectivity index (χ0) is 21.6. The number of hydrogen-bond acceptors (Lipinski definition) is 5. The fourth-order valence-electron chi connectivity index (χ4n) is 3.34. The Kier molecular flexibility index (Phi) is 7.65. The topological polar surface area (TPSA) is 109 Å². The smallest absolute Gasteiger partial charge is 0.405 e. The fraction of sp³-hybridized carbons (Fsp3) is 0.400. The lowest BCUT2D eigenvalue weighted by molar-refractivity contribution is 0.0102. The maximum Gasteiger partial charge on any atom is 0.405 e. The van der Waals surface area contributed by atoms with E-state index in [9.17, 15) is 13.2 Å². The molecule has 2 aromatic rings. The molecule has 162 valence electrons. The van der Waals surface area contributed by atoms with Gasteiger partial charge in [0, 0.05) is 30.5 Å². The summed E-state index contributed by atoms with van der Waals surface area (Å²) in [5.74, 6) is -0.360. The minimum atomic E-state index is -3.66. The number of nitrogens with one attached hydrogen (secondary N) is 1.